The number of thiocarbonyl (C=S) groups is 1. The Bertz CT molecular complexity index is 683. The molecule has 1 atom stereocenters. The Labute approximate surface area is 150 Å². The first-order valence-electron chi connectivity index (χ1n) is 8.34. The number of rotatable bonds is 6. The van der Waals surface area contributed by atoms with Crippen molar-refractivity contribution in [2.75, 3.05) is 11.9 Å². The van der Waals surface area contributed by atoms with E-state index in [1.165, 1.54) is 16.7 Å². The standard InChI is InChI=1S/C20H26N2OS/c1-5-17-7-9-18(10-8-17)22-20(24)21-16(4)13-23-19-11-6-14(2)15(3)12-19/h6-12,16H,5,13H2,1-4H3,(H2,21,22,24). The summed E-state index contributed by atoms with van der Waals surface area (Å²) in [6.45, 7) is 8.94. The molecule has 3 nitrogen and oxygen atoms in total. The van der Waals surface area contributed by atoms with Gasteiger partial charge in [-0.3, -0.25) is 0 Å². The van der Waals surface area contributed by atoms with Crippen LogP contribution in [-0.4, -0.2) is 17.8 Å². The van der Waals surface area contributed by atoms with E-state index >= 15 is 0 Å². The molecule has 24 heavy (non-hydrogen) atoms. The van der Waals surface area contributed by atoms with E-state index in [2.05, 4.69) is 62.6 Å². The van der Waals surface area contributed by atoms with Crippen molar-refractivity contribution in [3.05, 3.63) is 59.2 Å². The minimum Gasteiger partial charge on any atom is -0.491 e. The molecule has 0 bridgehead atoms. The Morgan fingerprint density at radius 1 is 1.08 bits per heavy atom. The Morgan fingerprint density at radius 2 is 1.79 bits per heavy atom. The van der Waals surface area contributed by atoms with E-state index in [1.54, 1.807) is 0 Å². The van der Waals surface area contributed by atoms with Crippen LogP contribution >= 0.6 is 12.2 Å². The Balaban J connectivity index is 1.79. The summed E-state index contributed by atoms with van der Waals surface area (Å²) in [5, 5.41) is 7.06. The molecule has 0 spiro atoms. The zero-order valence-electron chi connectivity index (χ0n) is 14.8. The molecule has 0 aliphatic rings. The predicted octanol–water partition coefficient (Wildman–Crippen LogP) is 4.62. The lowest BCUT2D eigenvalue weighted by atomic mass is 10.1. The monoisotopic (exact) mass is 342 g/mol. The first-order valence-corrected chi connectivity index (χ1v) is 8.75. The van der Waals surface area contributed by atoms with E-state index in [9.17, 15) is 0 Å². The highest BCUT2D eigenvalue weighted by Crippen LogP contribution is 2.16. The first kappa shape index (κ1) is 18.3. The van der Waals surface area contributed by atoms with Gasteiger partial charge in [-0.05, 0) is 80.4 Å². The number of aryl methyl sites for hydroxylation is 3. The molecule has 2 N–H and O–H groups in total. The van der Waals surface area contributed by atoms with E-state index in [4.69, 9.17) is 17.0 Å². The highest BCUT2D eigenvalue weighted by Gasteiger charge is 2.06. The number of hydrogen-bond acceptors (Lipinski definition) is 2. The maximum atomic E-state index is 5.84. The Morgan fingerprint density at radius 3 is 2.42 bits per heavy atom. The topological polar surface area (TPSA) is 33.3 Å². The van der Waals surface area contributed by atoms with E-state index in [-0.39, 0.29) is 6.04 Å². The Hall–Kier alpha value is -2.07. The first-order chi connectivity index (χ1) is 11.5. The van der Waals surface area contributed by atoms with Gasteiger partial charge in [0, 0.05) is 5.69 Å². The molecule has 4 heteroatoms. The summed E-state index contributed by atoms with van der Waals surface area (Å²) in [4.78, 5) is 0. The SMILES string of the molecule is CCc1ccc(NC(=S)NC(C)COc2ccc(C)c(C)c2)cc1. The van der Waals surface area contributed by atoms with Crippen molar-refractivity contribution >= 4 is 23.0 Å². The van der Waals surface area contributed by atoms with Crippen molar-refractivity contribution < 1.29 is 4.74 Å². The molecule has 0 radical (unpaired) electrons. The van der Waals surface area contributed by atoms with Gasteiger partial charge in [-0.1, -0.05) is 25.1 Å². The summed E-state index contributed by atoms with van der Waals surface area (Å²) >= 11 is 5.36. The van der Waals surface area contributed by atoms with Crippen molar-refractivity contribution in [2.45, 2.75) is 40.2 Å². The average Bonchev–Trinajstić information content (AvgIpc) is 2.56. The van der Waals surface area contributed by atoms with Gasteiger partial charge in [0.1, 0.15) is 12.4 Å². The molecular weight excluding hydrogens is 316 g/mol. The van der Waals surface area contributed by atoms with Gasteiger partial charge in [0.05, 0.1) is 6.04 Å². The van der Waals surface area contributed by atoms with Crippen LogP contribution in [0.4, 0.5) is 5.69 Å². The minimum absolute atomic E-state index is 0.113. The lowest BCUT2D eigenvalue weighted by Crippen LogP contribution is -2.39. The molecule has 0 saturated carbocycles. The molecule has 0 amide bonds. The van der Waals surface area contributed by atoms with E-state index in [0.717, 1.165) is 17.9 Å². The quantitative estimate of drug-likeness (QED) is 0.751. The molecule has 0 aromatic heterocycles. The van der Waals surface area contributed by atoms with Crippen LogP contribution in [0.1, 0.15) is 30.5 Å². The van der Waals surface area contributed by atoms with Gasteiger partial charge in [0.2, 0.25) is 0 Å². The zero-order chi connectivity index (χ0) is 17.5. The van der Waals surface area contributed by atoms with E-state index < -0.39 is 0 Å². The van der Waals surface area contributed by atoms with Crippen LogP contribution in [0.25, 0.3) is 0 Å². The lowest BCUT2D eigenvalue weighted by molar-refractivity contribution is 0.287. The van der Waals surface area contributed by atoms with Crippen molar-refractivity contribution in [3.63, 3.8) is 0 Å². The normalized spacial score (nSPS) is 11.7. The molecule has 0 saturated heterocycles. The third-order valence-electron chi connectivity index (χ3n) is 3.98. The molecule has 2 rings (SSSR count). The summed E-state index contributed by atoms with van der Waals surface area (Å²) in [7, 11) is 0. The maximum Gasteiger partial charge on any atom is 0.171 e. The van der Waals surface area contributed by atoms with Crippen molar-refractivity contribution in [1.82, 2.24) is 5.32 Å². The second-order valence-electron chi connectivity index (χ2n) is 6.11. The molecule has 2 aromatic carbocycles. The average molecular weight is 343 g/mol. The molecule has 0 fully saturated rings. The molecule has 1 unspecified atom stereocenters. The smallest absolute Gasteiger partial charge is 0.171 e. The summed E-state index contributed by atoms with van der Waals surface area (Å²) < 4.78 is 5.84. The van der Waals surface area contributed by atoms with Gasteiger partial charge in [-0.25, -0.2) is 0 Å². The number of ether oxygens (including phenoxy) is 1. The maximum absolute atomic E-state index is 5.84. The highest BCUT2D eigenvalue weighted by atomic mass is 32.1. The fraction of sp³-hybridized carbons (Fsp3) is 0.350. The van der Waals surface area contributed by atoms with Gasteiger partial charge in [0.25, 0.3) is 0 Å². The summed E-state index contributed by atoms with van der Waals surface area (Å²) in [5.74, 6) is 0.890. The lowest BCUT2D eigenvalue weighted by Gasteiger charge is -2.18. The summed E-state index contributed by atoms with van der Waals surface area (Å²) in [6, 6.07) is 14.6. The number of benzene rings is 2. The van der Waals surface area contributed by atoms with Crippen LogP contribution in [0.5, 0.6) is 5.75 Å². The minimum atomic E-state index is 0.113. The summed E-state index contributed by atoms with van der Waals surface area (Å²) in [5.41, 5.74) is 4.82. The van der Waals surface area contributed by atoms with Gasteiger partial charge in [0.15, 0.2) is 5.11 Å². The van der Waals surface area contributed by atoms with Crippen molar-refractivity contribution in [1.29, 1.82) is 0 Å². The van der Waals surface area contributed by atoms with E-state index in [1.807, 2.05) is 18.2 Å². The van der Waals surface area contributed by atoms with Crippen molar-refractivity contribution in [3.8, 4) is 5.75 Å². The second-order valence-corrected chi connectivity index (χ2v) is 6.52. The van der Waals surface area contributed by atoms with E-state index in [0.29, 0.717) is 11.7 Å². The molecule has 2 aromatic rings. The Kier molecular flexibility index (Phi) is 6.62. The molecular formula is C20H26N2OS. The molecule has 128 valence electrons. The van der Waals surface area contributed by atoms with Gasteiger partial charge in [-0.2, -0.15) is 0 Å². The second kappa shape index (κ2) is 8.69. The van der Waals surface area contributed by atoms with Crippen LogP contribution in [0.15, 0.2) is 42.5 Å². The van der Waals surface area contributed by atoms with Crippen LogP contribution in [0, 0.1) is 13.8 Å². The van der Waals surface area contributed by atoms with Gasteiger partial charge >= 0.3 is 0 Å². The largest absolute Gasteiger partial charge is 0.491 e. The third-order valence-corrected chi connectivity index (χ3v) is 4.20. The highest BCUT2D eigenvalue weighted by molar-refractivity contribution is 7.80. The molecule has 0 heterocycles. The molecule has 0 aliphatic heterocycles. The number of nitrogens with one attached hydrogen (secondary N) is 2. The fourth-order valence-corrected chi connectivity index (χ4v) is 2.60. The van der Waals surface area contributed by atoms with Crippen molar-refractivity contribution in [2.24, 2.45) is 0 Å². The van der Waals surface area contributed by atoms with Crippen LogP contribution in [0.2, 0.25) is 0 Å². The van der Waals surface area contributed by atoms with Gasteiger partial charge in [-0.15, -0.1) is 0 Å². The van der Waals surface area contributed by atoms with Crippen LogP contribution in [-0.2, 0) is 6.42 Å². The van der Waals surface area contributed by atoms with Crippen LogP contribution < -0.4 is 15.4 Å². The molecule has 0 aliphatic carbocycles. The summed E-state index contributed by atoms with van der Waals surface area (Å²) in [6.07, 6.45) is 1.04. The third kappa shape index (κ3) is 5.53. The fourth-order valence-electron chi connectivity index (χ4n) is 2.28. The number of hydrogen-bond donors (Lipinski definition) is 2. The predicted molar refractivity (Wildman–Crippen MR) is 106 cm³/mol. The van der Waals surface area contributed by atoms with Gasteiger partial charge < -0.3 is 15.4 Å². The zero-order valence-corrected chi connectivity index (χ0v) is 15.7. The van der Waals surface area contributed by atoms with Crippen LogP contribution in [0.3, 0.4) is 0 Å². The number of anilines is 1.